The van der Waals surface area contributed by atoms with Gasteiger partial charge in [0.2, 0.25) is 0 Å². The Hall–Kier alpha value is -3.49. The van der Waals surface area contributed by atoms with Crippen LogP contribution in [0, 0.1) is 0 Å². The van der Waals surface area contributed by atoms with Gasteiger partial charge in [-0.1, -0.05) is 60.7 Å². The van der Waals surface area contributed by atoms with Gasteiger partial charge in [-0.15, -0.1) is 11.3 Å². The molecule has 1 unspecified atom stereocenters. The Kier molecular flexibility index (Phi) is 7.53. The second kappa shape index (κ2) is 10.5. The van der Waals surface area contributed by atoms with Gasteiger partial charge >= 0.3 is 11.9 Å². The Morgan fingerprint density at radius 2 is 1.65 bits per heavy atom. The van der Waals surface area contributed by atoms with Crippen LogP contribution >= 0.6 is 11.3 Å². The minimum Gasteiger partial charge on any atom is -0.462 e. The molecule has 0 radical (unpaired) electrons. The number of nitrogens with one attached hydrogen (secondary N) is 1. The number of ether oxygens (including phenoxy) is 2. The van der Waals surface area contributed by atoms with Crippen molar-refractivity contribution in [2.24, 2.45) is 0 Å². The Bertz CT molecular complexity index is 1050. The topological polar surface area (TPSA) is 102 Å². The lowest BCUT2D eigenvalue weighted by Crippen LogP contribution is -2.24. The van der Waals surface area contributed by atoms with Crippen molar-refractivity contribution in [1.29, 1.82) is 0 Å². The van der Waals surface area contributed by atoms with Gasteiger partial charge in [0.15, 0.2) is 12.7 Å². The van der Waals surface area contributed by atoms with Gasteiger partial charge in [-0.2, -0.15) is 0 Å². The second-order valence-electron chi connectivity index (χ2n) is 6.41. The number of aliphatic hydroxyl groups excluding tert-OH is 1. The highest BCUT2D eigenvalue weighted by molar-refractivity contribution is 7.15. The predicted molar refractivity (Wildman–Crippen MR) is 117 cm³/mol. The summed E-state index contributed by atoms with van der Waals surface area (Å²) in [5, 5.41) is 14.7. The molecule has 1 amide bonds. The Morgan fingerprint density at radius 1 is 1.00 bits per heavy atom. The normalized spacial score (nSPS) is 11.4. The highest BCUT2D eigenvalue weighted by atomic mass is 32.1. The van der Waals surface area contributed by atoms with E-state index in [1.54, 1.807) is 42.6 Å². The monoisotopic (exact) mass is 439 g/mol. The molecule has 7 nitrogen and oxygen atoms in total. The van der Waals surface area contributed by atoms with Gasteiger partial charge in [0.1, 0.15) is 10.6 Å². The Morgan fingerprint density at radius 3 is 2.29 bits per heavy atom. The molecule has 1 aromatic heterocycles. The van der Waals surface area contributed by atoms with Gasteiger partial charge in [-0.25, -0.2) is 9.59 Å². The van der Waals surface area contributed by atoms with Crippen LogP contribution in [-0.4, -0.2) is 36.2 Å². The molecule has 0 spiro atoms. The summed E-state index contributed by atoms with van der Waals surface area (Å²) in [7, 11) is 0. The standard InChI is InChI=1S/C23H21NO6S/c1-2-29-22(27)19-17(15-9-5-3-6-10-15)14-31-21(19)24-18(25)13-30-23(28)20(26)16-11-7-4-8-12-16/h3-12,14,20,26H,2,13H2,1H3,(H,24,25). The fourth-order valence-electron chi connectivity index (χ4n) is 2.84. The molecule has 1 atom stereocenters. The fraction of sp³-hybridized carbons (Fsp3) is 0.174. The highest BCUT2D eigenvalue weighted by Crippen LogP contribution is 2.36. The number of hydrogen-bond donors (Lipinski definition) is 2. The zero-order valence-electron chi connectivity index (χ0n) is 16.7. The molecule has 2 aromatic carbocycles. The molecule has 0 aliphatic carbocycles. The van der Waals surface area contributed by atoms with E-state index in [9.17, 15) is 19.5 Å². The summed E-state index contributed by atoms with van der Waals surface area (Å²) in [6.07, 6.45) is -1.49. The van der Waals surface area contributed by atoms with Crippen molar-refractivity contribution in [3.05, 3.63) is 77.2 Å². The molecule has 0 saturated heterocycles. The fourth-order valence-corrected chi connectivity index (χ4v) is 3.81. The van der Waals surface area contributed by atoms with E-state index in [4.69, 9.17) is 9.47 Å². The first kappa shape index (κ1) is 22.2. The van der Waals surface area contributed by atoms with Gasteiger partial charge in [-0.05, 0) is 18.1 Å². The average Bonchev–Trinajstić information content (AvgIpc) is 3.21. The first-order valence-electron chi connectivity index (χ1n) is 9.54. The van der Waals surface area contributed by atoms with E-state index < -0.39 is 30.6 Å². The Labute approximate surface area is 183 Å². The number of aliphatic hydroxyl groups is 1. The summed E-state index contributed by atoms with van der Waals surface area (Å²) < 4.78 is 10.1. The molecule has 0 saturated carbocycles. The van der Waals surface area contributed by atoms with Gasteiger partial charge in [-0.3, -0.25) is 4.79 Å². The third kappa shape index (κ3) is 5.56. The van der Waals surface area contributed by atoms with Crippen LogP contribution in [0.4, 0.5) is 5.00 Å². The van der Waals surface area contributed by atoms with Crippen molar-refractivity contribution in [3.63, 3.8) is 0 Å². The maximum absolute atomic E-state index is 12.5. The minimum atomic E-state index is -1.49. The molecule has 8 heteroatoms. The van der Waals surface area contributed by atoms with E-state index >= 15 is 0 Å². The SMILES string of the molecule is CCOC(=O)c1c(-c2ccccc2)csc1NC(=O)COC(=O)C(O)c1ccccc1. The zero-order chi connectivity index (χ0) is 22.2. The smallest absolute Gasteiger partial charge is 0.341 e. The van der Waals surface area contributed by atoms with Crippen LogP contribution in [0.3, 0.4) is 0 Å². The van der Waals surface area contributed by atoms with Crippen LogP contribution in [0.5, 0.6) is 0 Å². The van der Waals surface area contributed by atoms with E-state index in [1.165, 1.54) is 11.3 Å². The summed E-state index contributed by atoms with van der Waals surface area (Å²) in [6, 6.07) is 17.5. The quantitative estimate of drug-likeness (QED) is 0.518. The molecular formula is C23H21NO6S. The molecule has 0 bridgehead atoms. The number of esters is 2. The van der Waals surface area contributed by atoms with Crippen LogP contribution in [0.1, 0.15) is 28.9 Å². The first-order valence-corrected chi connectivity index (χ1v) is 10.4. The molecule has 0 fully saturated rings. The number of carbonyl (C=O) groups is 3. The summed E-state index contributed by atoms with van der Waals surface area (Å²) in [5.74, 6) is -2.14. The summed E-state index contributed by atoms with van der Waals surface area (Å²) >= 11 is 1.17. The molecule has 31 heavy (non-hydrogen) atoms. The average molecular weight is 439 g/mol. The number of benzene rings is 2. The lowest BCUT2D eigenvalue weighted by molar-refractivity contribution is -0.156. The molecule has 0 aliphatic heterocycles. The number of carbonyl (C=O) groups excluding carboxylic acids is 3. The molecular weight excluding hydrogens is 418 g/mol. The van der Waals surface area contributed by atoms with Crippen LogP contribution < -0.4 is 5.32 Å². The van der Waals surface area contributed by atoms with E-state index in [2.05, 4.69) is 5.32 Å². The summed E-state index contributed by atoms with van der Waals surface area (Å²) in [6.45, 7) is 1.27. The number of hydrogen-bond acceptors (Lipinski definition) is 7. The van der Waals surface area contributed by atoms with Crippen LogP contribution in [-0.2, 0) is 19.1 Å². The number of anilines is 1. The summed E-state index contributed by atoms with van der Waals surface area (Å²) in [5.41, 5.74) is 2.04. The van der Waals surface area contributed by atoms with Crippen LogP contribution in [0.2, 0.25) is 0 Å². The van der Waals surface area contributed by atoms with Crippen molar-refractivity contribution >= 4 is 34.2 Å². The molecule has 160 valence electrons. The largest absolute Gasteiger partial charge is 0.462 e. The number of rotatable bonds is 8. The maximum atomic E-state index is 12.5. The number of amides is 1. The number of thiophene rings is 1. The lowest BCUT2D eigenvalue weighted by Gasteiger charge is -2.11. The highest BCUT2D eigenvalue weighted by Gasteiger charge is 2.24. The molecule has 3 aromatic rings. The third-order valence-electron chi connectivity index (χ3n) is 4.29. The molecule has 3 rings (SSSR count). The van der Waals surface area contributed by atoms with Crippen LogP contribution in [0.25, 0.3) is 11.1 Å². The molecule has 0 aliphatic rings. The van der Waals surface area contributed by atoms with Gasteiger partial charge in [0.25, 0.3) is 5.91 Å². The van der Waals surface area contributed by atoms with Gasteiger partial charge in [0, 0.05) is 10.9 Å². The van der Waals surface area contributed by atoms with Crippen molar-refractivity contribution in [3.8, 4) is 11.1 Å². The lowest BCUT2D eigenvalue weighted by atomic mass is 10.0. The van der Waals surface area contributed by atoms with E-state index in [1.807, 2.05) is 30.3 Å². The molecule has 1 heterocycles. The minimum absolute atomic E-state index is 0.186. The van der Waals surface area contributed by atoms with Crippen molar-refractivity contribution in [1.82, 2.24) is 0 Å². The van der Waals surface area contributed by atoms with Crippen molar-refractivity contribution < 1.29 is 29.0 Å². The van der Waals surface area contributed by atoms with Gasteiger partial charge in [0.05, 0.1) is 6.61 Å². The van der Waals surface area contributed by atoms with Crippen molar-refractivity contribution in [2.45, 2.75) is 13.0 Å². The zero-order valence-corrected chi connectivity index (χ0v) is 17.6. The van der Waals surface area contributed by atoms with E-state index in [-0.39, 0.29) is 12.2 Å². The van der Waals surface area contributed by atoms with Crippen LogP contribution in [0.15, 0.2) is 66.0 Å². The third-order valence-corrected chi connectivity index (χ3v) is 5.19. The first-order chi connectivity index (χ1) is 15.0. The van der Waals surface area contributed by atoms with E-state index in [0.29, 0.717) is 16.1 Å². The van der Waals surface area contributed by atoms with E-state index in [0.717, 1.165) is 5.56 Å². The second-order valence-corrected chi connectivity index (χ2v) is 7.29. The maximum Gasteiger partial charge on any atom is 0.341 e. The van der Waals surface area contributed by atoms with Gasteiger partial charge < -0.3 is 19.9 Å². The Balaban J connectivity index is 1.70. The summed E-state index contributed by atoms with van der Waals surface area (Å²) in [4.78, 5) is 36.9. The molecule has 2 N–H and O–H groups in total. The van der Waals surface area contributed by atoms with Crippen molar-refractivity contribution in [2.75, 3.05) is 18.5 Å². The predicted octanol–water partition coefficient (Wildman–Crippen LogP) is 3.81.